The fraction of sp³-hybridized carbons (Fsp3) is 0. The molecule has 2 aromatic heterocycles. The SMILES string of the molecule is N#CC(=Cc1c(Oc2ccccc2F)nc2ccccn2c1=O)S(=O)(=O)c1ccc(Br)cc1. The minimum atomic E-state index is -4.26. The van der Waals surface area contributed by atoms with Gasteiger partial charge in [-0.2, -0.15) is 10.2 Å². The number of benzene rings is 2. The zero-order valence-corrected chi connectivity index (χ0v) is 19.0. The van der Waals surface area contributed by atoms with Gasteiger partial charge in [0, 0.05) is 10.7 Å². The fourth-order valence-corrected chi connectivity index (χ4v) is 4.36. The van der Waals surface area contributed by atoms with Crippen LogP contribution in [0.1, 0.15) is 5.56 Å². The first-order chi connectivity index (χ1) is 15.8. The van der Waals surface area contributed by atoms with E-state index in [2.05, 4.69) is 20.9 Å². The molecular weight excluding hydrogens is 513 g/mol. The van der Waals surface area contributed by atoms with Crippen LogP contribution in [0, 0.1) is 17.1 Å². The minimum absolute atomic E-state index is 0.135. The zero-order chi connectivity index (χ0) is 23.6. The van der Waals surface area contributed by atoms with Gasteiger partial charge in [0.15, 0.2) is 11.6 Å². The van der Waals surface area contributed by atoms with Crippen LogP contribution in [-0.4, -0.2) is 17.8 Å². The van der Waals surface area contributed by atoms with Crippen LogP contribution in [-0.2, 0) is 9.84 Å². The smallest absolute Gasteiger partial charge is 0.269 e. The predicted octanol–water partition coefficient (Wildman–Crippen LogP) is 4.73. The number of hydrogen-bond donors (Lipinski definition) is 0. The molecule has 0 aliphatic heterocycles. The second-order valence-electron chi connectivity index (χ2n) is 6.67. The van der Waals surface area contributed by atoms with Crippen molar-refractivity contribution in [2.24, 2.45) is 0 Å². The fourth-order valence-electron chi connectivity index (χ4n) is 2.96. The Morgan fingerprint density at radius 3 is 2.48 bits per heavy atom. The lowest BCUT2D eigenvalue weighted by molar-refractivity contribution is 0.426. The highest BCUT2D eigenvalue weighted by atomic mass is 79.9. The van der Waals surface area contributed by atoms with Crippen molar-refractivity contribution in [2.75, 3.05) is 0 Å². The summed E-state index contributed by atoms with van der Waals surface area (Å²) in [5, 5.41) is 9.63. The van der Waals surface area contributed by atoms with Gasteiger partial charge in [0.05, 0.1) is 4.90 Å². The van der Waals surface area contributed by atoms with Gasteiger partial charge in [0.1, 0.15) is 22.2 Å². The number of aromatic nitrogens is 2. The summed E-state index contributed by atoms with van der Waals surface area (Å²) in [6.07, 6.45) is 2.33. The van der Waals surface area contributed by atoms with Crippen LogP contribution in [0.5, 0.6) is 11.6 Å². The third-order valence-electron chi connectivity index (χ3n) is 4.58. The molecule has 0 radical (unpaired) electrons. The van der Waals surface area contributed by atoms with Crippen LogP contribution in [0.2, 0.25) is 0 Å². The Morgan fingerprint density at radius 2 is 1.79 bits per heavy atom. The maximum absolute atomic E-state index is 14.2. The van der Waals surface area contributed by atoms with Crippen molar-refractivity contribution >= 4 is 37.5 Å². The molecule has 4 aromatic rings. The molecule has 0 saturated carbocycles. The van der Waals surface area contributed by atoms with E-state index in [0.29, 0.717) is 4.47 Å². The minimum Gasteiger partial charge on any atom is -0.435 e. The van der Waals surface area contributed by atoms with E-state index in [1.165, 1.54) is 59.1 Å². The van der Waals surface area contributed by atoms with Crippen molar-refractivity contribution in [3.8, 4) is 17.7 Å². The Balaban J connectivity index is 1.95. The molecule has 0 bridgehead atoms. The number of nitriles is 1. The summed E-state index contributed by atoms with van der Waals surface area (Å²) in [5.41, 5.74) is -0.815. The molecule has 4 rings (SSSR count). The zero-order valence-electron chi connectivity index (χ0n) is 16.6. The highest BCUT2D eigenvalue weighted by Gasteiger charge is 2.24. The van der Waals surface area contributed by atoms with Crippen molar-refractivity contribution in [1.29, 1.82) is 5.26 Å². The Kier molecular flexibility index (Phi) is 6.09. The van der Waals surface area contributed by atoms with E-state index in [-0.39, 0.29) is 27.7 Å². The average Bonchev–Trinajstić information content (AvgIpc) is 2.80. The van der Waals surface area contributed by atoms with Crippen molar-refractivity contribution in [3.05, 3.63) is 104 Å². The lowest BCUT2D eigenvalue weighted by Gasteiger charge is -2.11. The normalized spacial score (nSPS) is 11.8. The molecule has 0 aliphatic rings. The van der Waals surface area contributed by atoms with E-state index in [4.69, 9.17) is 4.74 Å². The van der Waals surface area contributed by atoms with Gasteiger partial charge < -0.3 is 4.74 Å². The van der Waals surface area contributed by atoms with E-state index in [9.17, 15) is 22.9 Å². The molecule has 33 heavy (non-hydrogen) atoms. The molecule has 0 N–H and O–H groups in total. The Hall–Kier alpha value is -3.81. The van der Waals surface area contributed by atoms with E-state index < -0.39 is 26.1 Å². The molecule has 0 atom stereocenters. The van der Waals surface area contributed by atoms with Crippen LogP contribution in [0.4, 0.5) is 4.39 Å². The first kappa shape index (κ1) is 22.4. The number of rotatable bonds is 5. The second-order valence-corrected chi connectivity index (χ2v) is 9.51. The van der Waals surface area contributed by atoms with Crippen molar-refractivity contribution in [1.82, 2.24) is 9.38 Å². The molecule has 0 fully saturated rings. The number of pyridine rings is 1. The third kappa shape index (κ3) is 4.41. The number of hydrogen-bond acceptors (Lipinski definition) is 6. The van der Waals surface area contributed by atoms with Crippen molar-refractivity contribution < 1.29 is 17.5 Å². The van der Waals surface area contributed by atoms with Crippen molar-refractivity contribution in [2.45, 2.75) is 4.90 Å². The summed E-state index contributed by atoms with van der Waals surface area (Å²) in [4.78, 5) is 16.6. The quantitative estimate of drug-likeness (QED) is 0.349. The summed E-state index contributed by atoms with van der Waals surface area (Å²) in [5.74, 6) is -1.26. The maximum Gasteiger partial charge on any atom is 0.269 e. The topological polar surface area (TPSA) is 102 Å². The summed E-state index contributed by atoms with van der Waals surface area (Å²) in [7, 11) is -4.26. The predicted molar refractivity (Wildman–Crippen MR) is 123 cm³/mol. The standard InChI is InChI=1S/C23H13BrFN3O4S/c24-15-8-10-16(11-9-15)33(30,31)17(14-26)13-18-22(32-20-6-2-1-5-19(20)25)27-21-7-3-4-12-28(21)23(18)29/h1-13H. The molecule has 0 unspecified atom stereocenters. The maximum atomic E-state index is 14.2. The molecule has 164 valence electrons. The number of halogens is 2. The summed E-state index contributed by atoms with van der Waals surface area (Å²) in [6, 6.07) is 17.6. The molecule has 7 nitrogen and oxygen atoms in total. The van der Waals surface area contributed by atoms with E-state index >= 15 is 0 Å². The molecule has 0 saturated heterocycles. The number of fused-ring (bicyclic) bond motifs is 1. The molecular formula is C23H13BrFN3O4S. The summed E-state index contributed by atoms with van der Waals surface area (Å²) >= 11 is 3.23. The van der Waals surface area contributed by atoms with Gasteiger partial charge in [-0.3, -0.25) is 9.20 Å². The summed E-state index contributed by atoms with van der Waals surface area (Å²) in [6.45, 7) is 0. The first-order valence-corrected chi connectivity index (χ1v) is 11.6. The first-order valence-electron chi connectivity index (χ1n) is 9.37. The number of ether oxygens (including phenoxy) is 1. The van der Waals surface area contributed by atoms with Gasteiger partial charge >= 0.3 is 0 Å². The Bertz CT molecular complexity index is 1610. The van der Waals surface area contributed by atoms with Gasteiger partial charge in [-0.25, -0.2) is 12.8 Å². The van der Waals surface area contributed by atoms with Crippen LogP contribution in [0.3, 0.4) is 0 Å². The van der Waals surface area contributed by atoms with Crippen LogP contribution < -0.4 is 10.3 Å². The Morgan fingerprint density at radius 1 is 1.09 bits per heavy atom. The molecule has 0 aliphatic carbocycles. The van der Waals surface area contributed by atoms with Gasteiger partial charge in [0.25, 0.3) is 5.56 Å². The van der Waals surface area contributed by atoms with Gasteiger partial charge in [0.2, 0.25) is 15.7 Å². The van der Waals surface area contributed by atoms with E-state index in [1.54, 1.807) is 18.2 Å². The highest BCUT2D eigenvalue weighted by Crippen LogP contribution is 2.28. The average molecular weight is 526 g/mol. The number of allylic oxidation sites excluding steroid dienone is 1. The van der Waals surface area contributed by atoms with Gasteiger partial charge in [-0.05, 0) is 54.6 Å². The molecule has 2 aromatic carbocycles. The van der Waals surface area contributed by atoms with E-state index in [1.807, 2.05) is 0 Å². The largest absolute Gasteiger partial charge is 0.435 e. The number of sulfone groups is 1. The monoisotopic (exact) mass is 525 g/mol. The number of nitrogens with zero attached hydrogens (tertiary/aromatic N) is 3. The Labute approximate surface area is 196 Å². The van der Waals surface area contributed by atoms with Crippen LogP contribution in [0.25, 0.3) is 11.7 Å². The van der Waals surface area contributed by atoms with Gasteiger partial charge in [-0.15, -0.1) is 0 Å². The molecule has 10 heteroatoms. The van der Waals surface area contributed by atoms with Crippen molar-refractivity contribution in [3.63, 3.8) is 0 Å². The summed E-state index contributed by atoms with van der Waals surface area (Å²) < 4.78 is 47.6. The molecule has 0 amide bonds. The highest BCUT2D eigenvalue weighted by molar-refractivity contribution is 9.10. The van der Waals surface area contributed by atoms with Gasteiger partial charge in [-0.1, -0.05) is 34.1 Å². The lowest BCUT2D eigenvalue weighted by Crippen LogP contribution is -2.19. The second kappa shape index (κ2) is 8.97. The third-order valence-corrected chi connectivity index (χ3v) is 6.79. The van der Waals surface area contributed by atoms with Crippen LogP contribution in [0.15, 0.2) is 92.0 Å². The molecule has 2 heterocycles. The molecule has 0 spiro atoms. The lowest BCUT2D eigenvalue weighted by atomic mass is 10.2. The van der Waals surface area contributed by atoms with Crippen LogP contribution >= 0.6 is 15.9 Å². The number of para-hydroxylation sites is 1. The van der Waals surface area contributed by atoms with E-state index in [0.717, 1.165) is 12.1 Å².